The molecule has 0 aliphatic rings. The van der Waals surface area contributed by atoms with E-state index in [1.165, 1.54) is 55.5 Å². The van der Waals surface area contributed by atoms with Crippen molar-refractivity contribution >= 4 is 32.6 Å². The van der Waals surface area contributed by atoms with Gasteiger partial charge in [0, 0.05) is 45.7 Å². The van der Waals surface area contributed by atoms with Crippen LogP contribution in [-0.2, 0) is 6.42 Å². The van der Waals surface area contributed by atoms with E-state index in [2.05, 4.69) is 119 Å². The Morgan fingerprint density at radius 3 is 2.23 bits per heavy atom. The highest BCUT2D eigenvalue weighted by molar-refractivity contribution is 6.19. The van der Waals surface area contributed by atoms with Crippen LogP contribution in [0.2, 0.25) is 0 Å². The number of aromatic nitrogens is 2. The number of rotatable bonds is 9. The van der Waals surface area contributed by atoms with Gasteiger partial charge in [-0.1, -0.05) is 109 Å². The van der Waals surface area contributed by atoms with Crippen LogP contribution in [0.25, 0.3) is 60.6 Å². The third-order valence-corrected chi connectivity index (χ3v) is 8.51. The maximum atomic E-state index is 6.15. The van der Waals surface area contributed by atoms with Crippen molar-refractivity contribution in [2.45, 2.75) is 12.8 Å². The van der Waals surface area contributed by atoms with Gasteiger partial charge in [0.25, 0.3) is 0 Å². The van der Waals surface area contributed by atoms with E-state index in [4.69, 9.17) is 11.5 Å². The lowest BCUT2D eigenvalue weighted by Crippen LogP contribution is -1.95. The molecule has 4 N–H and O–H groups in total. The van der Waals surface area contributed by atoms with E-state index in [9.17, 15) is 0 Å². The molecule has 0 radical (unpaired) electrons. The Morgan fingerprint density at radius 2 is 1.43 bits per heavy atom. The van der Waals surface area contributed by atoms with Gasteiger partial charge in [-0.25, -0.2) is 0 Å². The average Bonchev–Trinajstić information content (AvgIpc) is 3.46. The van der Waals surface area contributed by atoms with Crippen LogP contribution < -0.4 is 11.5 Å². The van der Waals surface area contributed by atoms with Crippen molar-refractivity contribution in [1.82, 2.24) is 9.55 Å². The van der Waals surface area contributed by atoms with Gasteiger partial charge in [0.15, 0.2) is 0 Å². The third-order valence-electron chi connectivity index (χ3n) is 8.51. The molecule has 4 nitrogen and oxygen atoms in total. The van der Waals surface area contributed by atoms with Crippen molar-refractivity contribution in [2.75, 3.05) is 0 Å². The molecule has 228 valence electrons. The fraction of sp³-hybridized carbons (Fsp3) is 0.0465. The minimum absolute atomic E-state index is 0.686. The average molecular weight is 609 g/mol. The standard InChI is InChI=1S/C43H36N4/c44-27-9-2-3-12-36(45)13-7-6-11-31-17-24-39-40-26-23-35-30-34(32-18-20-33(21-19-32)41-16-8-10-28-46-41)22-25-38(35)43(40)47(42(39)29-31)37-14-4-1-5-15-37/h1-10,13-30H,11-12,44-45H2/b3-2-,7-6-,27-9-,36-13-. The Labute approximate surface area is 275 Å². The van der Waals surface area contributed by atoms with E-state index < -0.39 is 0 Å². The van der Waals surface area contributed by atoms with Gasteiger partial charge in [-0.15, -0.1) is 0 Å². The summed E-state index contributed by atoms with van der Waals surface area (Å²) in [6.45, 7) is 0. The van der Waals surface area contributed by atoms with Crippen molar-refractivity contribution in [3.8, 4) is 28.1 Å². The normalized spacial score (nSPS) is 12.5. The van der Waals surface area contributed by atoms with Crippen molar-refractivity contribution in [2.24, 2.45) is 11.5 Å². The van der Waals surface area contributed by atoms with Crippen molar-refractivity contribution in [3.05, 3.63) is 181 Å². The molecule has 0 spiro atoms. The predicted molar refractivity (Wildman–Crippen MR) is 199 cm³/mol. The predicted octanol–water partition coefficient (Wildman–Crippen LogP) is 10.0. The number of nitrogens with zero attached hydrogens (tertiary/aromatic N) is 2. The third kappa shape index (κ3) is 6.22. The molecule has 2 heterocycles. The molecule has 0 fully saturated rings. The fourth-order valence-corrected chi connectivity index (χ4v) is 6.21. The zero-order chi connectivity index (χ0) is 32.0. The molecule has 0 amide bonds. The van der Waals surface area contributed by atoms with Gasteiger partial charge in [0.05, 0.1) is 16.7 Å². The van der Waals surface area contributed by atoms with E-state index >= 15 is 0 Å². The summed E-state index contributed by atoms with van der Waals surface area (Å²) in [6, 6.07) is 43.5. The highest BCUT2D eigenvalue weighted by atomic mass is 15.0. The first kappa shape index (κ1) is 29.6. The van der Waals surface area contributed by atoms with Crippen LogP contribution >= 0.6 is 0 Å². The zero-order valence-electron chi connectivity index (χ0n) is 26.1. The Bertz CT molecular complexity index is 2290. The molecule has 0 atom stereocenters. The maximum absolute atomic E-state index is 6.15. The number of benzene rings is 5. The monoisotopic (exact) mass is 608 g/mol. The van der Waals surface area contributed by atoms with Crippen molar-refractivity contribution in [3.63, 3.8) is 0 Å². The lowest BCUT2D eigenvalue weighted by molar-refractivity contribution is 1.16. The number of para-hydroxylation sites is 1. The van der Waals surface area contributed by atoms with E-state index in [-0.39, 0.29) is 0 Å². The van der Waals surface area contributed by atoms with Crippen molar-refractivity contribution in [1.29, 1.82) is 0 Å². The summed E-state index contributed by atoms with van der Waals surface area (Å²) in [4.78, 5) is 4.50. The Hall–Kier alpha value is -6.13. The van der Waals surface area contributed by atoms with Gasteiger partial charge in [-0.3, -0.25) is 4.98 Å². The number of hydrogen-bond acceptors (Lipinski definition) is 3. The first-order valence-corrected chi connectivity index (χ1v) is 15.9. The van der Waals surface area contributed by atoms with Gasteiger partial charge < -0.3 is 16.0 Å². The van der Waals surface area contributed by atoms with Crippen molar-refractivity contribution < 1.29 is 0 Å². The maximum Gasteiger partial charge on any atom is 0.0701 e. The van der Waals surface area contributed by atoms with Crippen LogP contribution in [0.3, 0.4) is 0 Å². The van der Waals surface area contributed by atoms with E-state index in [1.54, 1.807) is 6.08 Å². The van der Waals surface area contributed by atoms with Crippen LogP contribution in [0.15, 0.2) is 176 Å². The highest BCUT2D eigenvalue weighted by Gasteiger charge is 2.16. The second-order valence-electron chi connectivity index (χ2n) is 11.6. The van der Waals surface area contributed by atoms with Crippen LogP contribution in [0, 0.1) is 0 Å². The van der Waals surface area contributed by atoms with Crippen LogP contribution in [0.1, 0.15) is 12.0 Å². The molecule has 0 aliphatic heterocycles. The number of nitrogens with two attached hydrogens (primary N) is 2. The largest absolute Gasteiger partial charge is 0.405 e. The van der Waals surface area contributed by atoms with Gasteiger partial charge >= 0.3 is 0 Å². The summed E-state index contributed by atoms with van der Waals surface area (Å²) in [6.07, 6.45) is 16.7. The number of pyridine rings is 1. The summed E-state index contributed by atoms with van der Waals surface area (Å²) >= 11 is 0. The Morgan fingerprint density at radius 1 is 0.660 bits per heavy atom. The molecule has 2 aromatic heterocycles. The van der Waals surface area contributed by atoms with Gasteiger partial charge in [-0.05, 0) is 83.2 Å². The van der Waals surface area contributed by atoms with Crippen LogP contribution in [0.5, 0.6) is 0 Å². The summed E-state index contributed by atoms with van der Waals surface area (Å²) in [5.41, 5.74) is 21.6. The second kappa shape index (κ2) is 13.5. The first-order valence-electron chi connectivity index (χ1n) is 15.9. The molecule has 4 heteroatoms. The minimum atomic E-state index is 0.686. The smallest absolute Gasteiger partial charge is 0.0701 e. The molecule has 0 saturated heterocycles. The Kier molecular flexibility index (Phi) is 8.48. The molecule has 7 rings (SSSR count). The van der Waals surface area contributed by atoms with Gasteiger partial charge in [0.1, 0.15) is 0 Å². The van der Waals surface area contributed by atoms with Gasteiger partial charge in [-0.2, -0.15) is 0 Å². The molecule has 0 aliphatic carbocycles. The van der Waals surface area contributed by atoms with Gasteiger partial charge in [0.2, 0.25) is 0 Å². The minimum Gasteiger partial charge on any atom is -0.405 e. The molecule has 0 saturated carbocycles. The summed E-state index contributed by atoms with van der Waals surface area (Å²) in [7, 11) is 0. The van der Waals surface area contributed by atoms with Crippen LogP contribution in [0.4, 0.5) is 0 Å². The molecule has 7 aromatic rings. The van der Waals surface area contributed by atoms with Crippen LogP contribution in [-0.4, -0.2) is 9.55 Å². The lowest BCUT2D eigenvalue weighted by atomic mass is 9.98. The molecule has 5 aromatic carbocycles. The molecule has 0 unspecified atom stereocenters. The molecular formula is C43H36N4. The second-order valence-corrected chi connectivity index (χ2v) is 11.6. The summed E-state index contributed by atoms with van der Waals surface area (Å²) in [5, 5.41) is 4.94. The first-order chi connectivity index (χ1) is 23.2. The molecular weight excluding hydrogens is 573 g/mol. The van der Waals surface area contributed by atoms with E-state index in [0.29, 0.717) is 6.42 Å². The number of allylic oxidation sites excluding steroid dienone is 6. The van der Waals surface area contributed by atoms with E-state index in [1.807, 2.05) is 48.7 Å². The summed E-state index contributed by atoms with van der Waals surface area (Å²) in [5.74, 6) is 0. The lowest BCUT2D eigenvalue weighted by Gasteiger charge is -2.11. The Balaban J connectivity index is 1.26. The number of hydrogen-bond donors (Lipinski definition) is 2. The highest BCUT2D eigenvalue weighted by Crippen LogP contribution is 2.38. The number of fused-ring (bicyclic) bond motifs is 5. The fourth-order valence-electron chi connectivity index (χ4n) is 6.21. The quantitative estimate of drug-likeness (QED) is 0.160. The van der Waals surface area contributed by atoms with E-state index in [0.717, 1.165) is 29.1 Å². The molecule has 47 heavy (non-hydrogen) atoms. The molecule has 0 bridgehead atoms. The topological polar surface area (TPSA) is 69.9 Å². The summed E-state index contributed by atoms with van der Waals surface area (Å²) < 4.78 is 2.42. The SMILES string of the molecule is N/C=C\C=C/C/C(N)=C/C=C\Cc1ccc2c3ccc4cc(-c5ccc(-c6ccccn6)cc5)ccc4c3n(-c3ccccc3)c2c1. The zero-order valence-corrected chi connectivity index (χ0v) is 26.1.